The zero-order valence-electron chi connectivity index (χ0n) is 10.5. The smallest absolute Gasteiger partial charge is 0.323 e. The van der Waals surface area contributed by atoms with Gasteiger partial charge in [-0.25, -0.2) is 0 Å². The highest BCUT2D eigenvalue weighted by molar-refractivity contribution is 5.76. The van der Waals surface area contributed by atoms with Gasteiger partial charge in [-0.05, 0) is 57.8 Å². The van der Waals surface area contributed by atoms with Gasteiger partial charge in [-0.3, -0.25) is 4.79 Å². The third-order valence-electron chi connectivity index (χ3n) is 3.93. The highest BCUT2D eigenvalue weighted by Gasteiger charge is 2.44. The molecule has 92 valence electrons. The Bertz CT molecular complexity index is 282. The average Bonchev–Trinajstić information content (AvgIpc) is 2.74. The fourth-order valence-electron chi connectivity index (χ4n) is 3.28. The van der Waals surface area contributed by atoms with Crippen LogP contribution in [0.5, 0.6) is 0 Å². The summed E-state index contributed by atoms with van der Waals surface area (Å²) in [5, 5.41) is 0. The summed E-state index contributed by atoms with van der Waals surface area (Å²) in [6, 6.07) is -0.408. The zero-order chi connectivity index (χ0) is 11.9. The molecule has 0 aromatic heterocycles. The van der Waals surface area contributed by atoms with Gasteiger partial charge >= 0.3 is 5.97 Å². The summed E-state index contributed by atoms with van der Waals surface area (Å²) < 4.78 is 5.36. The molecule has 16 heavy (non-hydrogen) atoms. The van der Waals surface area contributed by atoms with Gasteiger partial charge in [0.1, 0.15) is 11.6 Å². The van der Waals surface area contributed by atoms with Crippen molar-refractivity contribution in [1.29, 1.82) is 0 Å². The van der Waals surface area contributed by atoms with Gasteiger partial charge in [-0.1, -0.05) is 6.42 Å². The van der Waals surface area contributed by atoms with E-state index in [4.69, 9.17) is 10.5 Å². The van der Waals surface area contributed by atoms with Crippen molar-refractivity contribution < 1.29 is 9.53 Å². The lowest BCUT2D eigenvalue weighted by atomic mass is 9.83. The van der Waals surface area contributed by atoms with E-state index in [1.54, 1.807) is 0 Å². The molecule has 3 heteroatoms. The number of esters is 1. The highest BCUT2D eigenvalue weighted by Crippen LogP contribution is 2.49. The number of ether oxygens (including phenoxy) is 1. The Kier molecular flexibility index (Phi) is 2.99. The Morgan fingerprint density at radius 2 is 2.00 bits per heavy atom. The molecule has 2 bridgehead atoms. The molecule has 4 unspecified atom stereocenters. The molecule has 0 aromatic rings. The number of hydrogen-bond acceptors (Lipinski definition) is 3. The summed E-state index contributed by atoms with van der Waals surface area (Å²) in [6.45, 7) is 5.66. The molecule has 0 heterocycles. The first kappa shape index (κ1) is 11.9. The largest absolute Gasteiger partial charge is 0.459 e. The van der Waals surface area contributed by atoms with Crippen molar-refractivity contribution >= 4 is 5.97 Å². The molecule has 2 N–H and O–H groups in total. The van der Waals surface area contributed by atoms with Crippen LogP contribution in [0.2, 0.25) is 0 Å². The normalized spacial score (nSPS) is 35.1. The predicted molar refractivity (Wildman–Crippen MR) is 62.8 cm³/mol. The molecular formula is C13H23NO2. The molecule has 2 rings (SSSR count). The molecule has 2 fully saturated rings. The van der Waals surface area contributed by atoms with Crippen LogP contribution >= 0.6 is 0 Å². The second-order valence-corrected chi connectivity index (χ2v) is 6.40. The van der Waals surface area contributed by atoms with Crippen molar-refractivity contribution in [3.05, 3.63) is 0 Å². The van der Waals surface area contributed by atoms with E-state index in [1.165, 1.54) is 19.3 Å². The van der Waals surface area contributed by atoms with Gasteiger partial charge in [0, 0.05) is 0 Å². The minimum absolute atomic E-state index is 0.218. The van der Waals surface area contributed by atoms with Crippen LogP contribution in [0.15, 0.2) is 0 Å². The molecule has 2 saturated carbocycles. The van der Waals surface area contributed by atoms with Crippen LogP contribution in [-0.4, -0.2) is 17.6 Å². The minimum Gasteiger partial charge on any atom is -0.459 e. The molecule has 3 nitrogen and oxygen atoms in total. The van der Waals surface area contributed by atoms with Gasteiger partial charge in [-0.2, -0.15) is 0 Å². The maximum atomic E-state index is 11.9. The van der Waals surface area contributed by atoms with Gasteiger partial charge in [0.25, 0.3) is 0 Å². The van der Waals surface area contributed by atoms with Crippen LogP contribution < -0.4 is 5.73 Å². The predicted octanol–water partition coefficient (Wildman–Crippen LogP) is 2.09. The van der Waals surface area contributed by atoms with Crippen molar-refractivity contribution in [1.82, 2.24) is 0 Å². The topological polar surface area (TPSA) is 52.3 Å². The van der Waals surface area contributed by atoms with Gasteiger partial charge in [0.15, 0.2) is 0 Å². The molecule has 4 atom stereocenters. The van der Waals surface area contributed by atoms with Crippen LogP contribution in [0.4, 0.5) is 0 Å². The summed E-state index contributed by atoms with van der Waals surface area (Å²) in [5.41, 5.74) is 5.62. The Morgan fingerprint density at radius 1 is 1.31 bits per heavy atom. The highest BCUT2D eigenvalue weighted by atomic mass is 16.6. The first-order chi connectivity index (χ1) is 7.37. The lowest BCUT2D eigenvalue weighted by Gasteiger charge is -2.29. The number of rotatable bonds is 2. The van der Waals surface area contributed by atoms with E-state index in [2.05, 4.69) is 0 Å². The van der Waals surface area contributed by atoms with Crippen LogP contribution in [0.1, 0.15) is 46.5 Å². The van der Waals surface area contributed by atoms with E-state index in [0.717, 1.165) is 12.3 Å². The lowest BCUT2D eigenvalue weighted by molar-refractivity contribution is -0.158. The lowest BCUT2D eigenvalue weighted by Crippen LogP contribution is -2.44. The first-order valence-electron chi connectivity index (χ1n) is 6.35. The fraction of sp³-hybridized carbons (Fsp3) is 0.923. The molecule has 0 aliphatic heterocycles. The standard InChI is InChI=1S/C13H23NO2/c1-13(2,3)16-12(15)11(14)10-7-8-4-5-9(10)6-8/h8-11H,4-7,14H2,1-3H3. The van der Waals surface area contributed by atoms with E-state index in [0.29, 0.717) is 11.8 Å². The quantitative estimate of drug-likeness (QED) is 0.732. The second kappa shape index (κ2) is 4.02. The molecule has 0 spiro atoms. The molecule has 0 amide bonds. The molecule has 0 saturated heterocycles. The Morgan fingerprint density at radius 3 is 2.44 bits per heavy atom. The Labute approximate surface area is 97.7 Å². The zero-order valence-corrected chi connectivity index (χ0v) is 10.5. The molecule has 0 radical (unpaired) electrons. The van der Waals surface area contributed by atoms with Gasteiger partial charge in [-0.15, -0.1) is 0 Å². The fourth-order valence-corrected chi connectivity index (χ4v) is 3.28. The summed E-state index contributed by atoms with van der Waals surface area (Å²) in [4.78, 5) is 11.9. The summed E-state index contributed by atoms with van der Waals surface area (Å²) in [7, 11) is 0. The van der Waals surface area contributed by atoms with Crippen molar-refractivity contribution in [2.24, 2.45) is 23.5 Å². The van der Waals surface area contributed by atoms with Crippen molar-refractivity contribution in [2.75, 3.05) is 0 Å². The van der Waals surface area contributed by atoms with Crippen molar-refractivity contribution in [3.8, 4) is 0 Å². The Balaban J connectivity index is 1.92. The van der Waals surface area contributed by atoms with Gasteiger partial charge in [0.05, 0.1) is 0 Å². The first-order valence-corrected chi connectivity index (χ1v) is 6.35. The average molecular weight is 225 g/mol. The monoisotopic (exact) mass is 225 g/mol. The number of carbonyl (C=O) groups is 1. The van der Waals surface area contributed by atoms with Crippen LogP contribution in [0, 0.1) is 17.8 Å². The maximum absolute atomic E-state index is 11.9. The summed E-state index contributed by atoms with van der Waals surface area (Å²) in [5.74, 6) is 1.65. The third kappa shape index (κ3) is 2.40. The van der Waals surface area contributed by atoms with Gasteiger partial charge in [0.2, 0.25) is 0 Å². The van der Waals surface area contributed by atoms with Crippen LogP contribution in [-0.2, 0) is 9.53 Å². The van der Waals surface area contributed by atoms with Crippen molar-refractivity contribution in [2.45, 2.75) is 58.1 Å². The van der Waals surface area contributed by atoms with Crippen LogP contribution in [0.25, 0.3) is 0 Å². The maximum Gasteiger partial charge on any atom is 0.323 e. The number of carbonyl (C=O) groups excluding carboxylic acids is 1. The Hall–Kier alpha value is -0.570. The molecule has 2 aliphatic carbocycles. The summed E-state index contributed by atoms with van der Waals surface area (Å²) in [6.07, 6.45) is 5.00. The van der Waals surface area contributed by atoms with E-state index in [-0.39, 0.29) is 5.97 Å². The molecule has 0 aromatic carbocycles. The number of nitrogens with two attached hydrogens (primary N) is 1. The van der Waals surface area contributed by atoms with E-state index < -0.39 is 11.6 Å². The van der Waals surface area contributed by atoms with E-state index in [9.17, 15) is 4.79 Å². The van der Waals surface area contributed by atoms with Crippen LogP contribution in [0.3, 0.4) is 0 Å². The SMILES string of the molecule is CC(C)(C)OC(=O)C(N)C1CC2CCC1C2. The van der Waals surface area contributed by atoms with E-state index in [1.807, 2.05) is 20.8 Å². The van der Waals surface area contributed by atoms with Gasteiger partial charge < -0.3 is 10.5 Å². The minimum atomic E-state index is -0.424. The third-order valence-corrected chi connectivity index (χ3v) is 3.93. The molecule has 2 aliphatic rings. The molecular weight excluding hydrogens is 202 g/mol. The van der Waals surface area contributed by atoms with Crippen molar-refractivity contribution in [3.63, 3.8) is 0 Å². The number of fused-ring (bicyclic) bond motifs is 2. The summed E-state index contributed by atoms with van der Waals surface area (Å²) >= 11 is 0. The number of hydrogen-bond donors (Lipinski definition) is 1. The second-order valence-electron chi connectivity index (χ2n) is 6.40. The van der Waals surface area contributed by atoms with E-state index >= 15 is 0 Å².